The van der Waals surface area contributed by atoms with Crippen molar-refractivity contribution in [3.63, 3.8) is 0 Å². The second-order valence-corrected chi connectivity index (χ2v) is 7.42. The van der Waals surface area contributed by atoms with E-state index >= 15 is 0 Å². The van der Waals surface area contributed by atoms with Crippen molar-refractivity contribution in [2.24, 2.45) is 0 Å². The molecule has 5 nitrogen and oxygen atoms in total. The molecule has 2 rings (SSSR count). The Morgan fingerprint density at radius 3 is 2.24 bits per heavy atom. The molecule has 0 aromatic heterocycles. The van der Waals surface area contributed by atoms with Crippen molar-refractivity contribution >= 4 is 21.6 Å². The number of benzene rings is 2. The normalized spacial score (nSPS) is 11.4. The number of halogens is 2. The fourth-order valence-corrected chi connectivity index (χ4v) is 3.34. The smallest absolute Gasteiger partial charge is 0.240 e. The zero-order valence-electron chi connectivity index (χ0n) is 13.8. The van der Waals surface area contributed by atoms with Gasteiger partial charge in [-0.25, -0.2) is 21.9 Å². The molecule has 0 radical (unpaired) electrons. The summed E-state index contributed by atoms with van der Waals surface area (Å²) < 4.78 is 52.2. The summed E-state index contributed by atoms with van der Waals surface area (Å²) in [4.78, 5) is 11.5. The first-order valence-electron chi connectivity index (χ1n) is 7.50. The van der Waals surface area contributed by atoms with Crippen LogP contribution in [0.1, 0.15) is 17.5 Å². The summed E-state index contributed by atoms with van der Waals surface area (Å²) in [6, 6.07) is 7.85. The predicted molar refractivity (Wildman–Crippen MR) is 90.7 cm³/mol. The topological polar surface area (TPSA) is 75.3 Å². The quantitative estimate of drug-likeness (QED) is 0.823. The largest absolute Gasteiger partial charge is 0.326 e. The van der Waals surface area contributed by atoms with E-state index in [-0.39, 0.29) is 18.9 Å². The van der Waals surface area contributed by atoms with E-state index in [9.17, 15) is 22.0 Å². The molecule has 134 valence electrons. The van der Waals surface area contributed by atoms with Crippen LogP contribution in [0, 0.1) is 25.5 Å². The van der Waals surface area contributed by atoms with E-state index in [1.165, 1.54) is 0 Å². The van der Waals surface area contributed by atoms with Gasteiger partial charge in [-0.2, -0.15) is 0 Å². The molecule has 0 atom stereocenters. The van der Waals surface area contributed by atoms with Crippen LogP contribution in [0.4, 0.5) is 14.5 Å². The highest BCUT2D eigenvalue weighted by atomic mass is 32.2. The van der Waals surface area contributed by atoms with Crippen LogP contribution in [0.5, 0.6) is 0 Å². The van der Waals surface area contributed by atoms with Gasteiger partial charge in [-0.3, -0.25) is 4.79 Å². The predicted octanol–water partition coefficient (Wildman–Crippen LogP) is 2.89. The van der Waals surface area contributed by atoms with Gasteiger partial charge in [0.05, 0.1) is 4.90 Å². The van der Waals surface area contributed by atoms with E-state index in [0.29, 0.717) is 11.8 Å². The molecule has 0 saturated carbocycles. The van der Waals surface area contributed by atoms with Crippen LogP contribution < -0.4 is 10.0 Å². The molecule has 0 aliphatic heterocycles. The summed E-state index contributed by atoms with van der Waals surface area (Å²) >= 11 is 0. The molecule has 2 aromatic rings. The number of rotatable bonds is 6. The van der Waals surface area contributed by atoms with Crippen molar-refractivity contribution in [2.75, 3.05) is 11.9 Å². The molecular weight excluding hydrogens is 350 g/mol. The van der Waals surface area contributed by atoms with Crippen LogP contribution in [0.3, 0.4) is 0 Å². The first-order chi connectivity index (χ1) is 11.7. The average molecular weight is 368 g/mol. The summed E-state index contributed by atoms with van der Waals surface area (Å²) in [6.07, 6.45) is -0.101. The molecule has 0 spiro atoms. The molecule has 25 heavy (non-hydrogen) atoms. The van der Waals surface area contributed by atoms with Crippen molar-refractivity contribution in [1.82, 2.24) is 4.72 Å². The van der Waals surface area contributed by atoms with Gasteiger partial charge >= 0.3 is 0 Å². The highest BCUT2D eigenvalue weighted by Crippen LogP contribution is 2.15. The molecule has 2 N–H and O–H groups in total. The molecule has 8 heteroatoms. The van der Waals surface area contributed by atoms with E-state index in [1.807, 2.05) is 19.9 Å². The maximum atomic E-state index is 13.1. The third-order valence-corrected chi connectivity index (χ3v) is 4.81. The summed E-state index contributed by atoms with van der Waals surface area (Å²) in [5.74, 6) is -2.75. The molecule has 0 bridgehead atoms. The molecule has 0 aliphatic carbocycles. The van der Waals surface area contributed by atoms with Crippen LogP contribution in [-0.2, 0) is 14.8 Å². The van der Waals surface area contributed by atoms with Gasteiger partial charge in [0.25, 0.3) is 0 Å². The minimum Gasteiger partial charge on any atom is -0.326 e. The number of anilines is 1. The molecular formula is C17H18F2N2O3S. The lowest BCUT2D eigenvalue weighted by Gasteiger charge is -2.09. The Morgan fingerprint density at radius 1 is 1.00 bits per heavy atom. The lowest BCUT2D eigenvalue weighted by Crippen LogP contribution is -2.28. The van der Waals surface area contributed by atoms with Gasteiger partial charge in [0.15, 0.2) is 11.6 Å². The fourth-order valence-electron chi connectivity index (χ4n) is 2.30. The number of aryl methyl sites for hydroxylation is 2. The van der Waals surface area contributed by atoms with Gasteiger partial charge in [-0.15, -0.1) is 0 Å². The molecule has 0 saturated heterocycles. The van der Waals surface area contributed by atoms with Crippen molar-refractivity contribution < 1.29 is 22.0 Å². The lowest BCUT2D eigenvalue weighted by molar-refractivity contribution is -0.116. The Bertz CT molecular complexity index is 879. The van der Waals surface area contributed by atoms with Crippen molar-refractivity contribution in [2.45, 2.75) is 25.2 Å². The highest BCUT2D eigenvalue weighted by Gasteiger charge is 2.16. The van der Waals surface area contributed by atoms with Crippen molar-refractivity contribution in [3.8, 4) is 0 Å². The minimum absolute atomic E-state index is 0.101. The van der Waals surface area contributed by atoms with Gasteiger partial charge in [-0.05, 0) is 55.3 Å². The first-order valence-corrected chi connectivity index (χ1v) is 8.98. The van der Waals surface area contributed by atoms with E-state index in [2.05, 4.69) is 10.0 Å². The average Bonchev–Trinajstić information content (AvgIpc) is 2.48. The number of hydrogen-bond acceptors (Lipinski definition) is 3. The molecule has 0 aliphatic rings. The fraction of sp³-hybridized carbons (Fsp3) is 0.235. The molecule has 0 fully saturated rings. The van der Waals surface area contributed by atoms with Gasteiger partial charge in [0.1, 0.15) is 0 Å². The van der Waals surface area contributed by atoms with Gasteiger partial charge < -0.3 is 5.32 Å². The molecule has 1 amide bonds. The standard InChI is InChI=1S/C17H18F2N2O3S/c1-11-7-12(2)9-13(8-11)21-17(22)5-6-20-25(23,24)14-3-4-15(18)16(19)10-14/h3-4,7-10,20H,5-6H2,1-2H3,(H,21,22). The minimum atomic E-state index is -4.02. The van der Waals surface area contributed by atoms with E-state index in [0.717, 1.165) is 23.3 Å². The van der Waals surface area contributed by atoms with E-state index in [1.54, 1.807) is 12.1 Å². The van der Waals surface area contributed by atoms with E-state index in [4.69, 9.17) is 0 Å². The molecule has 2 aromatic carbocycles. The second kappa shape index (κ2) is 7.71. The number of nitrogens with one attached hydrogen (secondary N) is 2. The summed E-state index contributed by atoms with van der Waals surface area (Å²) in [7, 11) is -4.02. The van der Waals surface area contributed by atoms with Crippen LogP contribution in [0.25, 0.3) is 0 Å². The third kappa shape index (κ3) is 5.33. The Kier molecular flexibility index (Phi) is 5.86. The van der Waals surface area contributed by atoms with Crippen LogP contribution >= 0.6 is 0 Å². The van der Waals surface area contributed by atoms with Crippen LogP contribution in [-0.4, -0.2) is 20.9 Å². The zero-order valence-corrected chi connectivity index (χ0v) is 14.6. The number of carbonyl (C=O) groups excluding carboxylic acids is 1. The monoisotopic (exact) mass is 368 g/mol. The Hall–Kier alpha value is -2.32. The maximum Gasteiger partial charge on any atom is 0.240 e. The summed E-state index contributed by atoms with van der Waals surface area (Å²) in [5, 5.41) is 2.68. The maximum absolute atomic E-state index is 13.1. The Labute approximate surface area is 145 Å². The van der Waals surface area contributed by atoms with Crippen molar-refractivity contribution in [3.05, 3.63) is 59.2 Å². The summed E-state index contributed by atoms with van der Waals surface area (Å²) in [6.45, 7) is 3.63. The molecule has 0 heterocycles. The number of hydrogen-bond donors (Lipinski definition) is 2. The highest BCUT2D eigenvalue weighted by molar-refractivity contribution is 7.89. The Balaban J connectivity index is 1.92. The SMILES string of the molecule is Cc1cc(C)cc(NC(=O)CCNS(=O)(=O)c2ccc(F)c(F)c2)c1. The number of carbonyl (C=O) groups is 1. The van der Waals surface area contributed by atoms with Gasteiger partial charge in [-0.1, -0.05) is 6.07 Å². The lowest BCUT2D eigenvalue weighted by atomic mass is 10.1. The molecule has 0 unspecified atom stereocenters. The van der Waals surface area contributed by atoms with Crippen LogP contribution in [0.15, 0.2) is 41.3 Å². The zero-order chi connectivity index (χ0) is 18.6. The first kappa shape index (κ1) is 19.0. The number of sulfonamides is 1. The van der Waals surface area contributed by atoms with E-state index < -0.39 is 26.6 Å². The second-order valence-electron chi connectivity index (χ2n) is 5.65. The third-order valence-electron chi connectivity index (χ3n) is 3.35. The van der Waals surface area contributed by atoms with Crippen molar-refractivity contribution in [1.29, 1.82) is 0 Å². The van der Waals surface area contributed by atoms with Gasteiger partial charge in [0, 0.05) is 18.7 Å². The van der Waals surface area contributed by atoms with Gasteiger partial charge in [0.2, 0.25) is 15.9 Å². The van der Waals surface area contributed by atoms with Crippen LogP contribution in [0.2, 0.25) is 0 Å². The summed E-state index contributed by atoms with van der Waals surface area (Å²) in [5.41, 5.74) is 2.62. The Morgan fingerprint density at radius 2 is 1.64 bits per heavy atom. The number of amides is 1.